The number of carbonyl (C=O) groups is 2. The summed E-state index contributed by atoms with van der Waals surface area (Å²) in [6.07, 6.45) is 0.0696. The van der Waals surface area contributed by atoms with Gasteiger partial charge in [-0.15, -0.1) is 0 Å². The maximum atomic E-state index is 11.6. The van der Waals surface area contributed by atoms with Gasteiger partial charge in [0, 0.05) is 0 Å². The molecule has 1 aromatic rings. The number of hydrogen-bond donors (Lipinski definition) is 1. The second-order valence-corrected chi connectivity index (χ2v) is 5.00. The molecule has 1 rings (SSSR count). The fourth-order valence-electron chi connectivity index (χ4n) is 1.70. The van der Waals surface area contributed by atoms with Crippen molar-refractivity contribution in [1.29, 1.82) is 0 Å². The van der Waals surface area contributed by atoms with Crippen molar-refractivity contribution in [1.82, 2.24) is 5.32 Å². The highest BCUT2D eigenvalue weighted by atomic mass is 16.5. The summed E-state index contributed by atoms with van der Waals surface area (Å²) in [6, 6.07) is 8.95. The second kappa shape index (κ2) is 7.56. The van der Waals surface area contributed by atoms with Gasteiger partial charge in [0.05, 0.1) is 6.04 Å². The van der Waals surface area contributed by atoms with Crippen molar-refractivity contribution in [3.8, 4) is 0 Å². The van der Waals surface area contributed by atoms with E-state index in [-0.39, 0.29) is 12.4 Å². The molecule has 1 atom stereocenters. The first kappa shape index (κ1) is 15.2. The van der Waals surface area contributed by atoms with Crippen molar-refractivity contribution in [3.05, 3.63) is 35.9 Å². The van der Waals surface area contributed by atoms with Crippen LogP contribution >= 0.6 is 0 Å². The molecule has 0 heterocycles. The van der Waals surface area contributed by atoms with E-state index in [0.29, 0.717) is 12.3 Å². The van der Waals surface area contributed by atoms with Crippen molar-refractivity contribution in [2.75, 3.05) is 0 Å². The summed E-state index contributed by atoms with van der Waals surface area (Å²) in [6.45, 7) is 5.70. The number of benzene rings is 1. The molecule has 0 saturated heterocycles. The standard InChI is InChI=1S/C15H21NO3/c1-11(2)9-14(12(3)17)16-15(18)19-10-13-7-5-4-6-8-13/h4-8,11,14H,9-10H2,1-3H3,(H,16,18)/t14-/m1/s1. The zero-order valence-electron chi connectivity index (χ0n) is 11.7. The van der Waals surface area contributed by atoms with Crippen LogP contribution in [0.1, 0.15) is 32.8 Å². The maximum Gasteiger partial charge on any atom is 0.408 e. The Morgan fingerprint density at radius 3 is 2.37 bits per heavy atom. The number of nitrogens with one attached hydrogen (secondary N) is 1. The van der Waals surface area contributed by atoms with Crippen LogP contribution in [0, 0.1) is 5.92 Å². The molecule has 1 aromatic carbocycles. The Morgan fingerprint density at radius 2 is 1.84 bits per heavy atom. The van der Waals surface area contributed by atoms with Gasteiger partial charge in [-0.25, -0.2) is 4.79 Å². The molecule has 0 aliphatic heterocycles. The molecule has 4 nitrogen and oxygen atoms in total. The van der Waals surface area contributed by atoms with Gasteiger partial charge in [0.2, 0.25) is 0 Å². The Balaban J connectivity index is 2.42. The topological polar surface area (TPSA) is 55.4 Å². The van der Waals surface area contributed by atoms with E-state index in [4.69, 9.17) is 4.74 Å². The number of hydrogen-bond acceptors (Lipinski definition) is 3. The zero-order valence-corrected chi connectivity index (χ0v) is 11.7. The lowest BCUT2D eigenvalue weighted by Crippen LogP contribution is -2.40. The Labute approximate surface area is 114 Å². The van der Waals surface area contributed by atoms with E-state index >= 15 is 0 Å². The van der Waals surface area contributed by atoms with Crippen LogP contribution in [0.25, 0.3) is 0 Å². The van der Waals surface area contributed by atoms with E-state index in [2.05, 4.69) is 5.32 Å². The van der Waals surface area contributed by atoms with E-state index in [1.165, 1.54) is 6.92 Å². The molecule has 4 heteroatoms. The summed E-state index contributed by atoms with van der Waals surface area (Å²) in [4.78, 5) is 23.0. The van der Waals surface area contributed by atoms with E-state index in [1.54, 1.807) is 0 Å². The molecule has 0 aromatic heterocycles. The summed E-state index contributed by atoms with van der Waals surface area (Å²) < 4.78 is 5.09. The largest absolute Gasteiger partial charge is 0.445 e. The number of ketones is 1. The zero-order chi connectivity index (χ0) is 14.3. The molecule has 0 bridgehead atoms. The predicted molar refractivity (Wildman–Crippen MR) is 73.7 cm³/mol. The fraction of sp³-hybridized carbons (Fsp3) is 0.467. The molecule has 0 unspecified atom stereocenters. The summed E-state index contributed by atoms with van der Waals surface area (Å²) in [5, 5.41) is 2.61. The highest BCUT2D eigenvalue weighted by molar-refractivity contribution is 5.85. The first-order valence-corrected chi connectivity index (χ1v) is 6.46. The fourth-order valence-corrected chi connectivity index (χ4v) is 1.70. The lowest BCUT2D eigenvalue weighted by atomic mass is 10.0. The lowest BCUT2D eigenvalue weighted by Gasteiger charge is -2.17. The van der Waals surface area contributed by atoms with Gasteiger partial charge in [-0.05, 0) is 24.8 Å². The van der Waals surface area contributed by atoms with Crippen LogP contribution in [-0.2, 0) is 16.1 Å². The summed E-state index contributed by atoms with van der Waals surface area (Å²) in [5.41, 5.74) is 0.917. The van der Waals surface area contributed by atoms with Crippen LogP contribution < -0.4 is 5.32 Å². The van der Waals surface area contributed by atoms with E-state index in [9.17, 15) is 9.59 Å². The number of amides is 1. The van der Waals surface area contributed by atoms with Crippen LogP contribution in [0.2, 0.25) is 0 Å². The van der Waals surface area contributed by atoms with Gasteiger partial charge in [-0.1, -0.05) is 44.2 Å². The van der Waals surface area contributed by atoms with Gasteiger partial charge in [0.25, 0.3) is 0 Å². The minimum Gasteiger partial charge on any atom is -0.445 e. The number of carbonyl (C=O) groups excluding carboxylic acids is 2. The molecule has 0 fully saturated rings. The van der Waals surface area contributed by atoms with Crippen LogP contribution in [0.5, 0.6) is 0 Å². The second-order valence-electron chi connectivity index (χ2n) is 5.00. The maximum absolute atomic E-state index is 11.6. The molecular formula is C15H21NO3. The van der Waals surface area contributed by atoms with Gasteiger partial charge in [0.15, 0.2) is 5.78 Å². The number of rotatable bonds is 6. The molecule has 1 N–H and O–H groups in total. The van der Waals surface area contributed by atoms with Gasteiger partial charge in [-0.3, -0.25) is 4.79 Å². The normalized spacial score (nSPS) is 12.0. The predicted octanol–water partition coefficient (Wildman–Crippen LogP) is 2.92. The minimum absolute atomic E-state index is 0.0506. The van der Waals surface area contributed by atoms with Crippen molar-refractivity contribution in [2.24, 2.45) is 5.92 Å². The molecule has 19 heavy (non-hydrogen) atoms. The van der Waals surface area contributed by atoms with Gasteiger partial charge < -0.3 is 10.1 Å². The smallest absolute Gasteiger partial charge is 0.408 e. The Kier molecular flexibility index (Phi) is 6.06. The average Bonchev–Trinajstić information content (AvgIpc) is 2.36. The van der Waals surface area contributed by atoms with E-state index < -0.39 is 12.1 Å². The lowest BCUT2D eigenvalue weighted by molar-refractivity contribution is -0.119. The third kappa shape index (κ3) is 6.04. The summed E-state index contributed by atoms with van der Waals surface area (Å²) in [5.74, 6) is 0.286. The highest BCUT2D eigenvalue weighted by Gasteiger charge is 2.18. The number of alkyl carbamates (subject to hydrolysis) is 1. The molecule has 0 radical (unpaired) electrons. The van der Waals surface area contributed by atoms with Crippen LogP contribution in [-0.4, -0.2) is 17.9 Å². The van der Waals surface area contributed by atoms with Crippen LogP contribution in [0.15, 0.2) is 30.3 Å². The van der Waals surface area contributed by atoms with E-state index in [0.717, 1.165) is 5.56 Å². The summed E-state index contributed by atoms with van der Waals surface area (Å²) >= 11 is 0. The molecular weight excluding hydrogens is 242 g/mol. The Bertz CT molecular complexity index is 415. The third-order valence-corrected chi connectivity index (χ3v) is 2.70. The molecule has 0 aliphatic carbocycles. The first-order valence-electron chi connectivity index (χ1n) is 6.46. The Hall–Kier alpha value is -1.84. The molecule has 0 saturated carbocycles. The third-order valence-electron chi connectivity index (χ3n) is 2.70. The Morgan fingerprint density at radius 1 is 1.21 bits per heavy atom. The summed E-state index contributed by atoms with van der Waals surface area (Å²) in [7, 11) is 0. The van der Waals surface area contributed by atoms with Crippen molar-refractivity contribution in [3.63, 3.8) is 0 Å². The van der Waals surface area contributed by atoms with Gasteiger partial charge in [0.1, 0.15) is 6.61 Å². The highest BCUT2D eigenvalue weighted by Crippen LogP contribution is 2.06. The first-order chi connectivity index (χ1) is 8.99. The SMILES string of the molecule is CC(=O)[C@@H](CC(C)C)NC(=O)OCc1ccccc1. The number of ether oxygens (including phenoxy) is 1. The molecule has 104 valence electrons. The quantitative estimate of drug-likeness (QED) is 0.858. The van der Waals surface area contributed by atoms with Crippen molar-refractivity contribution >= 4 is 11.9 Å². The van der Waals surface area contributed by atoms with Crippen LogP contribution in [0.4, 0.5) is 4.79 Å². The van der Waals surface area contributed by atoms with Crippen molar-refractivity contribution < 1.29 is 14.3 Å². The number of Topliss-reactive ketones (excluding diaryl/α,β-unsaturated/α-hetero) is 1. The van der Waals surface area contributed by atoms with Gasteiger partial charge in [-0.2, -0.15) is 0 Å². The monoisotopic (exact) mass is 263 g/mol. The minimum atomic E-state index is -0.551. The molecule has 0 spiro atoms. The average molecular weight is 263 g/mol. The van der Waals surface area contributed by atoms with E-state index in [1.807, 2.05) is 44.2 Å². The molecule has 0 aliphatic rings. The molecule has 1 amide bonds. The van der Waals surface area contributed by atoms with Crippen LogP contribution in [0.3, 0.4) is 0 Å². The van der Waals surface area contributed by atoms with Gasteiger partial charge >= 0.3 is 6.09 Å². The van der Waals surface area contributed by atoms with Crippen molar-refractivity contribution in [2.45, 2.75) is 39.8 Å².